The largest absolute Gasteiger partial charge is 0.351 e. The normalized spacial score (nSPS) is 22.3. The van der Waals surface area contributed by atoms with Crippen LogP contribution in [0.25, 0.3) is 0 Å². The third kappa shape index (κ3) is 1.72. The van der Waals surface area contributed by atoms with Gasteiger partial charge in [0.25, 0.3) is 0 Å². The Morgan fingerprint density at radius 1 is 1.46 bits per heavy atom. The van der Waals surface area contributed by atoms with Crippen molar-refractivity contribution in [3.8, 4) is 0 Å². The van der Waals surface area contributed by atoms with Gasteiger partial charge in [0.2, 0.25) is 0 Å². The first-order valence-electron chi connectivity index (χ1n) is 4.13. The molecule has 1 aromatic heterocycles. The van der Waals surface area contributed by atoms with Crippen LogP contribution in [-0.2, 0) is 0 Å². The van der Waals surface area contributed by atoms with Crippen LogP contribution in [0.15, 0.2) is 12.4 Å². The van der Waals surface area contributed by atoms with Crippen LogP contribution in [-0.4, -0.2) is 29.2 Å². The maximum Gasteiger partial charge on any atom is 0.171 e. The second-order valence-corrected chi connectivity index (χ2v) is 3.36. The Bertz CT molecular complexity index is 307. The number of nitrogens with zero attached hydrogens (tertiary/aromatic N) is 3. The van der Waals surface area contributed by atoms with Crippen LogP contribution in [0.4, 0.5) is 10.2 Å². The first kappa shape index (κ1) is 8.69. The van der Waals surface area contributed by atoms with Gasteiger partial charge in [0.15, 0.2) is 11.0 Å². The molecule has 0 amide bonds. The summed E-state index contributed by atoms with van der Waals surface area (Å²) in [5.74, 6) is 0.587. The van der Waals surface area contributed by atoms with Gasteiger partial charge >= 0.3 is 0 Å². The van der Waals surface area contributed by atoms with Gasteiger partial charge in [0.1, 0.15) is 6.17 Å². The second-order valence-electron chi connectivity index (χ2n) is 3.00. The first-order chi connectivity index (χ1) is 6.27. The monoisotopic (exact) mass is 201 g/mol. The maximum absolute atomic E-state index is 12.9. The van der Waals surface area contributed by atoms with Gasteiger partial charge in [-0.05, 0) is 6.42 Å². The summed E-state index contributed by atoms with van der Waals surface area (Å²) in [5, 5.41) is 0.344. The first-order valence-corrected chi connectivity index (χ1v) is 4.50. The molecule has 1 aliphatic rings. The number of aromatic nitrogens is 2. The van der Waals surface area contributed by atoms with Crippen molar-refractivity contribution >= 4 is 17.4 Å². The molecule has 0 spiro atoms. The van der Waals surface area contributed by atoms with Crippen LogP contribution < -0.4 is 4.90 Å². The SMILES string of the molecule is FC1CCN(c2nccnc2Cl)C1. The quantitative estimate of drug-likeness (QED) is 0.692. The zero-order valence-corrected chi connectivity index (χ0v) is 7.71. The van der Waals surface area contributed by atoms with Crippen molar-refractivity contribution in [2.24, 2.45) is 0 Å². The summed E-state index contributed by atoms with van der Waals surface area (Å²) in [5.41, 5.74) is 0. The van der Waals surface area contributed by atoms with E-state index < -0.39 is 6.17 Å². The van der Waals surface area contributed by atoms with Crippen molar-refractivity contribution in [1.82, 2.24) is 9.97 Å². The Labute approximate surface area is 80.6 Å². The molecule has 2 heterocycles. The maximum atomic E-state index is 12.9. The van der Waals surface area contributed by atoms with Gasteiger partial charge in [0, 0.05) is 18.9 Å². The minimum Gasteiger partial charge on any atom is -0.351 e. The summed E-state index contributed by atoms with van der Waals surface area (Å²) >= 11 is 5.81. The molecule has 0 bridgehead atoms. The molecular weight excluding hydrogens is 193 g/mol. The van der Waals surface area contributed by atoms with E-state index in [1.165, 1.54) is 6.20 Å². The fourth-order valence-corrected chi connectivity index (χ4v) is 1.66. The summed E-state index contributed by atoms with van der Waals surface area (Å²) in [6, 6.07) is 0. The van der Waals surface area contributed by atoms with Gasteiger partial charge in [-0.3, -0.25) is 0 Å². The third-order valence-corrected chi connectivity index (χ3v) is 2.33. The molecule has 1 aliphatic heterocycles. The average molecular weight is 202 g/mol. The smallest absolute Gasteiger partial charge is 0.171 e. The van der Waals surface area contributed by atoms with E-state index in [4.69, 9.17) is 11.6 Å². The summed E-state index contributed by atoms with van der Waals surface area (Å²) < 4.78 is 12.9. The Hall–Kier alpha value is -0.900. The minimum atomic E-state index is -0.766. The van der Waals surface area contributed by atoms with Gasteiger partial charge in [-0.1, -0.05) is 11.6 Å². The van der Waals surface area contributed by atoms with Crippen molar-refractivity contribution in [2.45, 2.75) is 12.6 Å². The van der Waals surface area contributed by atoms with E-state index in [-0.39, 0.29) is 0 Å². The lowest BCUT2D eigenvalue weighted by Crippen LogP contribution is -2.21. The highest BCUT2D eigenvalue weighted by atomic mass is 35.5. The lowest BCUT2D eigenvalue weighted by molar-refractivity contribution is 0.364. The molecule has 5 heteroatoms. The Morgan fingerprint density at radius 2 is 2.23 bits per heavy atom. The topological polar surface area (TPSA) is 29.0 Å². The third-order valence-electron chi connectivity index (χ3n) is 2.07. The van der Waals surface area contributed by atoms with Crippen LogP contribution in [0.1, 0.15) is 6.42 Å². The molecule has 70 valence electrons. The van der Waals surface area contributed by atoms with E-state index in [0.29, 0.717) is 30.5 Å². The van der Waals surface area contributed by atoms with E-state index in [1.54, 1.807) is 6.20 Å². The molecule has 13 heavy (non-hydrogen) atoms. The molecule has 2 rings (SSSR count). The van der Waals surface area contributed by atoms with E-state index in [9.17, 15) is 4.39 Å². The van der Waals surface area contributed by atoms with E-state index in [0.717, 1.165) is 0 Å². The Kier molecular flexibility index (Phi) is 2.31. The number of hydrogen-bond acceptors (Lipinski definition) is 3. The highest BCUT2D eigenvalue weighted by Crippen LogP contribution is 2.24. The molecule has 1 unspecified atom stereocenters. The molecule has 0 N–H and O–H groups in total. The highest BCUT2D eigenvalue weighted by Gasteiger charge is 2.24. The summed E-state index contributed by atoms with van der Waals surface area (Å²) in [6.07, 6.45) is 2.87. The van der Waals surface area contributed by atoms with Crippen LogP contribution >= 0.6 is 11.6 Å². The van der Waals surface area contributed by atoms with Gasteiger partial charge in [-0.25, -0.2) is 14.4 Å². The fraction of sp³-hybridized carbons (Fsp3) is 0.500. The molecular formula is C8H9ClFN3. The van der Waals surface area contributed by atoms with Gasteiger partial charge in [0.05, 0.1) is 6.54 Å². The van der Waals surface area contributed by atoms with Crippen molar-refractivity contribution in [2.75, 3.05) is 18.0 Å². The van der Waals surface area contributed by atoms with Gasteiger partial charge in [-0.15, -0.1) is 0 Å². The predicted molar refractivity (Wildman–Crippen MR) is 48.8 cm³/mol. The number of anilines is 1. The van der Waals surface area contributed by atoms with Gasteiger partial charge in [-0.2, -0.15) is 0 Å². The lowest BCUT2D eigenvalue weighted by Gasteiger charge is -2.16. The molecule has 0 radical (unpaired) electrons. The summed E-state index contributed by atoms with van der Waals surface area (Å²) in [4.78, 5) is 9.77. The zero-order valence-electron chi connectivity index (χ0n) is 6.95. The minimum absolute atomic E-state index is 0.344. The molecule has 0 aromatic carbocycles. The van der Waals surface area contributed by atoms with Gasteiger partial charge < -0.3 is 4.90 Å². The molecule has 1 aromatic rings. The number of rotatable bonds is 1. The number of hydrogen-bond donors (Lipinski definition) is 0. The van der Waals surface area contributed by atoms with Crippen molar-refractivity contribution in [3.63, 3.8) is 0 Å². The average Bonchev–Trinajstić information content (AvgIpc) is 2.53. The Balaban J connectivity index is 2.21. The molecule has 1 atom stereocenters. The van der Waals surface area contributed by atoms with Crippen molar-refractivity contribution in [3.05, 3.63) is 17.5 Å². The van der Waals surface area contributed by atoms with E-state index in [1.807, 2.05) is 4.90 Å². The standard InChI is InChI=1S/C8H9ClFN3/c9-7-8(12-3-2-11-7)13-4-1-6(10)5-13/h2-3,6H,1,4-5H2. The van der Waals surface area contributed by atoms with E-state index in [2.05, 4.69) is 9.97 Å². The fourth-order valence-electron chi connectivity index (χ4n) is 1.44. The van der Waals surface area contributed by atoms with Crippen LogP contribution in [0, 0.1) is 0 Å². The van der Waals surface area contributed by atoms with Crippen LogP contribution in [0.5, 0.6) is 0 Å². The predicted octanol–water partition coefficient (Wildman–Crippen LogP) is 1.68. The number of alkyl halides is 1. The number of halogens is 2. The molecule has 0 aliphatic carbocycles. The summed E-state index contributed by atoms with van der Waals surface area (Å²) in [7, 11) is 0. The molecule has 0 saturated carbocycles. The molecule has 1 saturated heterocycles. The lowest BCUT2D eigenvalue weighted by atomic mass is 10.3. The van der Waals surface area contributed by atoms with Crippen LogP contribution in [0.3, 0.4) is 0 Å². The Morgan fingerprint density at radius 3 is 2.85 bits per heavy atom. The second kappa shape index (κ2) is 3.46. The summed E-state index contributed by atoms with van der Waals surface area (Å²) in [6.45, 7) is 1.04. The zero-order chi connectivity index (χ0) is 9.26. The molecule has 1 fully saturated rings. The van der Waals surface area contributed by atoms with Crippen LogP contribution in [0.2, 0.25) is 5.15 Å². The van der Waals surface area contributed by atoms with Crippen molar-refractivity contribution < 1.29 is 4.39 Å². The highest BCUT2D eigenvalue weighted by molar-refractivity contribution is 6.31. The molecule has 3 nitrogen and oxygen atoms in total. The van der Waals surface area contributed by atoms with Crippen molar-refractivity contribution in [1.29, 1.82) is 0 Å². The van der Waals surface area contributed by atoms with E-state index >= 15 is 0 Å².